The first-order valence-corrected chi connectivity index (χ1v) is 3.48. The van der Waals surface area contributed by atoms with Crippen molar-refractivity contribution in [1.29, 1.82) is 0 Å². The molecule has 0 aromatic carbocycles. The maximum atomic E-state index is 5.07. The Morgan fingerprint density at radius 1 is 1.20 bits per heavy atom. The Balaban J connectivity index is 4.46. The highest BCUT2D eigenvalue weighted by Crippen LogP contribution is 2.12. The molecular formula is C9H16O. The van der Waals surface area contributed by atoms with Gasteiger partial charge in [0, 0.05) is 0 Å². The average molecular weight is 140 g/mol. The molecule has 0 spiro atoms. The summed E-state index contributed by atoms with van der Waals surface area (Å²) in [6, 6.07) is 0. The van der Waals surface area contributed by atoms with Crippen LogP contribution in [0.3, 0.4) is 0 Å². The van der Waals surface area contributed by atoms with Gasteiger partial charge in [-0.15, -0.1) is 0 Å². The standard InChI is InChI=1S/C9H16O/c1-6-7(2)8(3)9(4)10-5/h6H,1-5H3/b7-6-,9-8+. The highest BCUT2D eigenvalue weighted by molar-refractivity contribution is 5.28. The first-order chi connectivity index (χ1) is 4.63. The maximum absolute atomic E-state index is 5.07. The van der Waals surface area contributed by atoms with Gasteiger partial charge in [0.25, 0.3) is 0 Å². The molecule has 0 aromatic heterocycles. The topological polar surface area (TPSA) is 9.23 Å². The van der Waals surface area contributed by atoms with E-state index in [0.717, 1.165) is 5.76 Å². The number of rotatable bonds is 2. The lowest BCUT2D eigenvalue weighted by Gasteiger charge is -2.05. The van der Waals surface area contributed by atoms with Crippen molar-refractivity contribution >= 4 is 0 Å². The van der Waals surface area contributed by atoms with Crippen molar-refractivity contribution in [3.05, 3.63) is 23.0 Å². The highest BCUT2D eigenvalue weighted by Gasteiger charge is 1.96. The molecule has 58 valence electrons. The zero-order chi connectivity index (χ0) is 8.15. The van der Waals surface area contributed by atoms with Crippen LogP contribution in [0.4, 0.5) is 0 Å². The van der Waals surface area contributed by atoms with Crippen LogP contribution in [0.5, 0.6) is 0 Å². The molecule has 0 radical (unpaired) electrons. The predicted molar refractivity (Wildman–Crippen MR) is 44.8 cm³/mol. The first kappa shape index (κ1) is 9.28. The van der Waals surface area contributed by atoms with E-state index >= 15 is 0 Å². The van der Waals surface area contributed by atoms with Gasteiger partial charge in [0.2, 0.25) is 0 Å². The van der Waals surface area contributed by atoms with Crippen molar-refractivity contribution in [2.75, 3.05) is 7.11 Å². The van der Waals surface area contributed by atoms with Crippen LogP contribution in [0, 0.1) is 0 Å². The van der Waals surface area contributed by atoms with Crippen LogP contribution in [-0.2, 0) is 4.74 Å². The SMILES string of the molecule is C/C=C(C)\C(C)=C(/C)OC. The van der Waals surface area contributed by atoms with Crippen LogP contribution in [0.15, 0.2) is 23.0 Å². The Labute approximate surface area is 63.4 Å². The molecule has 0 atom stereocenters. The summed E-state index contributed by atoms with van der Waals surface area (Å²) in [6.07, 6.45) is 2.08. The van der Waals surface area contributed by atoms with E-state index < -0.39 is 0 Å². The van der Waals surface area contributed by atoms with E-state index in [4.69, 9.17) is 4.74 Å². The summed E-state index contributed by atoms with van der Waals surface area (Å²) in [4.78, 5) is 0. The summed E-state index contributed by atoms with van der Waals surface area (Å²) >= 11 is 0. The fourth-order valence-electron chi connectivity index (χ4n) is 0.647. The third-order valence-electron chi connectivity index (χ3n) is 1.86. The fraction of sp³-hybridized carbons (Fsp3) is 0.556. The molecule has 1 heteroatoms. The van der Waals surface area contributed by atoms with E-state index in [0.29, 0.717) is 0 Å². The van der Waals surface area contributed by atoms with Gasteiger partial charge in [-0.25, -0.2) is 0 Å². The Morgan fingerprint density at radius 2 is 1.70 bits per heavy atom. The van der Waals surface area contributed by atoms with Crippen LogP contribution in [0.1, 0.15) is 27.7 Å². The van der Waals surface area contributed by atoms with Gasteiger partial charge in [-0.05, 0) is 38.8 Å². The fourth-order valence-corrected chi connectivity index (χ4v) is 0.647. The van der Waals surface area contributed by atoms with Gasteiger partial charge in [0.1, 0.15) is 0 Å². The molecule has 0 aliphatic rings. The van der Waals surface area contributed by atoms with Gasteiger partial charge in [0.05, 0.1) is 12.9 Å². The second-order valence-corrected chi connectivity index (χ2v) is 2.36. The van der Waals surface area contributed by atoms with Crippen LogP contribution < -0.4 is 0 Å². The van der Waals surface area contributed by atoms with Gasteiger partial charge < -0.3 is 4.74 Å². The summed E-state index contributed by atoms with van der Waals surface area (Å²) < 4.78 is 5.07. The molecule has 0 rings (SSSR count). The molecule has 0 aliphatic carbocycles. The Morgan fingerprint density at radius 3 is 2.00 bits per heavy atom. The lowest BCUT2D eigenvalue weighted by Crippen LogP contribution is -1.87. The smallest absolute Gasteiger partial charge is 0.0956 e. The van der Waals surface area contributed by atoms with Crippen molar-refractivity contribution in [2.45, 2.75) is 27.7 Å². The van der Waals surface area contributed by atoms with Gasteiger partial charge >= 0.3 is 0 Å². The van der Waals surface area contributed by atoms with E-state index in [9.17, 15) is 0 Å². The summed E-state index contributed by atoms with van der Waals surface area (Å²) in [7, 11) is 1.70. The number of allylic oxidation sites excluding steroid dienone is 4. The number of hydrogen-bond donors (Lipinski definition) is 0. The minimum Gasteiger partial charge on any atom is -0.501 e. The minimum atomic E-state index is 0.996. The summed E-state index contributed by atoms with van der Waals surface area (Å²) in [5.74, 6) is 0.996. The van der Waals surface area contributed by atoms with Crippen molar-refractivity contribution in [3.8, 4) is 0 Å². The van der Waals surface area contributed by atoms with E-state index in [-0.39, 0.29) is 0 Å². The second-order valence-electron chi connectivity index (χ2n) is 2.36. The second kappa shape index (κ2) is 4.15. The molecule has 1 nitrogen and oxygen atoms in total. The lowest BCUT2D eigenvalue weighted by atomic mass is 10.1. The van der Waals surface area contributed by atoms with Gasteiger partial charge in [-0.1, -0.05) is 6.08 Å². The molecular weight excluding hydrogens is 124 g/mol. The molecule has 0 heterocycles. The number of ether oxygens (including phenoxy) is 1. The molecule has 0 saturated carbocycles. The Kier molecular flexibility index (Phi) is 3.85. The van der Waals surface area contributed by atoms with E-state index in [1.165, 1.54) is 11.1 Å². The monoisotopic (exact) mass is 140 g/mol. The van der Waals surface area contributed by atoms with Gasteiger partial charge in [-0.2, -0.15) is 0 Å². The zero-order valence-corrected chi connectivity index (χ0v) is 7.49. The molecule has 0 fully saturated rings. The lowest BCUT2D eigenvalue weighted by molar-refractivity contribution is 0.289. The van der Waals surface area contributed by atoms with Gasteiger partial charge in [0.15, 0.2) is 0 Å². The normalized spacial score (nSPS) is 14.7. The number of methoxy groups -OCH3 is 1. The molecule has 0 saturated heterocycles. The maximum Gasteiger partial charge on any atom is 0.0956 e. The molecule has 0 amide bonds. The molecule has 10 heavy (non-hydrogen) atoms. The first-order valence-electron chi connectivity index (χ1n) is 3.48. The zero-order valence-electron chi connectivity index (χ0n) is 7.49. The van der Waals surface area contributed by atoms with Crippen molar-refractivity contribution in [1.82, 2.24) is 0 Å². The van der Waals surface area contributed by atoms with E-state index in [2.05, 4.69) is 19.9 Å². The minimum absolute atomic E-state index is 0.996. The van der Waals surface area contributed by atoms with Crippen LogP contribution >= 0.6 is 0 Å². The third-order valence-corrected chi connectivity index (χ3v) is 1.86. The van der Waals surface area contributed by atoms with E-state index in [1.807, 2.05) is 13.8 Å². The average Bonchev–Trinajstić information content (AvgIpc) is 2.00. The molecule has 0 unspecified atom stereocenters. The van der Waals surface area contributed by atoms with Gasteiger partial charge in [-0.3, -0.25) is 0 Å². The third kappa shape index (κ3) is 2.26. The largest absolute Gasteiger partial charge is 0.501 e. The summed E-state index contributed by atoms with van der Waals surface area (Å²) in [5.41, 5.74) is 2.50. The number of hydrogen-bond acceptors (Lipinski definition) is 1. The molecule has 0 N–H and O–H groups in total. The Bertz CT molecular complexity index is 164. The van der Waals surface area contributed by atoms with Crippen molar-refractivity contribution < 1.29 is 4.74 Å². The summed E-state index contributed by atoms with van der Waals surface area (Å²) in [6.45, 7) is 8.15. The summed E-state index contributed by atoms with van der Waals surface area (Å²) in [5, 5.41) is 0. The van der Waals surface area contributed by atoms with Crippen LogP contribution in [0.2, 0.25) is 0 Å². The van der Waals surface area contributed by atoms with Crippen LogP contribution in [-0.4, -0.2) is 7.11 Å². The highest BCUT2D eigenvalue weighted by atomic mass is 16.5. The van der Waals surface area contributed by atoms with Crippen LogP contribution in [0.25, 0.3) is 0 Å². The van der Waals surface area contributed by atoms with E-state index in [1.54, 1.807) is 7.11 Å². The Hall–Kier alpha value is -0.720. The molecule has 0 bridgehead atoms. The predicted octanol–water partition coefficient (Wildman–Crippen LogP) is 2.89. The van der Waals surface area contributed by atoms with Crippen molar-refractivity contribution in [3.63, 3.8) is 0 Å². The van der Waals surface area contributed by atoms with Crippen molar-refractivity contribution in [2.24, 2.45) is 0 Å². The molecule has 0 aliphatic heterocycles. The quantitative estimate of drug-likeness (QED) is 0.423. The molecule has 0 aromatic rings.